The third-order valence-corrected chi connectivity index (χ3v) is 6.27. The molecule has 0 unspecified atom stereocenters. The Bertz CT molecular complexity index is 759. The quantitative estimate of drug-likeness (QED) is 0.944. The molecule has 6 heteroatoms. The molecule has 1 aliphatic rings. The lowest BCUT2D eigenvalue weighted by Crippen LogP contribution is -2.15. The van der Waals surface area contributed by atoms with Gasteiger partial charge < -0.3 is 5.73 Å². The molecule has 0 saturated heterocycles. The molecule has 0 amide bonds. The molecular weight excluding hydrogens is 313 g/mol. The second-order valence-electron chi connectivity index (χ2n) is 5.12. The molecule has 110 valence electrons. The van der Waals surface area contributed by atoms with Crippen LogP contribution in [0.5, 0.6) is 0 Å². The van der Waals surface area contributed by atoms with Crippen LogP contribution in [0.2, 0.25) is 5.02 Å². The summed E-state index contributed by atoms with van der Waals surface area (Å²) in [6, 6.07) is 11.3. The lowest BCUT2D eigenvalue weighted by molar-refractivity contribution is 0.593. The maximum atomic E-state index is 12.9. The molecule has 3 atom stereocenters. The van der Waals surface area contributed by atoms with Crippen LogP contribution in [0, 0.1) is 5.82 Å². The van der Waals surface area contributed by atoms with Gasteiger partial charge in [-0.15, -0.1) is 0 Å². The van der Waals surface area contributed by atoms with Crippen molar-refractivity contribution in [3.05, 3.63) is 64.9 Å². The van der Waals surface area contributed by atoms with Crippen molar-refractivity contribution in [1.82, 2.24) is 0 Å². The lowest BCUT2D eigenvalue weighted by atomic mass is 10.1. The van der Waals surface area contributed by atoms with Crippen LogP contribution in [-0.2, 0) is 9.84 Å². The van der Waals surface area contributed by atoms with Gasteiger partial charge in [0.15, 0.2) is 9.84 Å². The normalized spacial score (nSPS) is 24.8. The highest BCUT2D eigenvalue weighted by Gasteiger charge is 2.57. The molecule has 0 aromatic heterocycles. The summed E-state index contributed by atoms with van der Waals surface area (Å²) in [5.74, 6) is -0.656. The molecule has 2 N–H and O–H groups in total. The third kappa shape index (κ3) is 2.57. The Morgan fingerprint density at radius 3 is 2.14 bits per heavy atom. The van der Waals surface area contributed by atoms with Crippen LogP contribution in [-0.4, -0.2) is 19.7 Å². The molecule has 2 aromatic carbocycles. The fraction of sp³-hybridized carbons (Fsp3) is 0.200. The number of benzene rings is 2. The van der Waals surface area contributed by atoms with Crippen LogP contribution >= 0.6 is 11.6 Å². The summed E-state index contributed by atoms with van der Waals surface area (Å²) in [6.07, 6.45) is 0. The Kier molecular flexibility index (Phi) is 3.51. The molecule has 0 radical (unpaired) electrons. The Balaban J connectivity index is 1.91. The van der Waals surface area contributed by atoms with Gasteiger partial charge in [0.25, 0.3) is 0 Å². The summed E-state index contributed by atoms with van der Waals surface area (Å²) in [5, 5.41) is -0.201. The number of hydrogen-bond donors (Lipinski definition) is 1. The van der Waals surface area contributed by atoms with E-state index in [1.807, 2.05) is 0 Å². The summed E-state index contributed by atoms with van der Waals surface area (Å²) in [6.45, 7) is 0. The Labute approximate surface area is 127 Å². The Morgan fingerprint density at radius 1 is 1.00 bits per heavy atom. The van der Waals surface area contributed by atoms with Crippen molar-refractivity contribution in [3.63, 3.8) is 0 Å². The summed E-state index contributed by atoms with van der Waals surface area (Å²) in [5.41, 5.74) is 6.68. The van der Waals surface area contributed by atoms with Crippen molar-refractivity contribution in [3.8, 4) is 0 Å². The van der Waals surface area contributed by atoms with Crippen LogP contribution in [0.4, 0.5) is 4.39 Å². The molecule has 21 heavy (non-hydrogen) atoms. The van der Waals surface area contributed by atoms with Crippen LogP contribution in [0.15, 0.2) is 53.4 Å². The van der Waals surface area contributed by atoms with Crippen LogP contribution < -0.4 is 5.73 Å². The largest absolute Gasteiger partial charge is 0.326 e. The zero-order chi connectivity index (χ0) is 15.2. The van der Waals surface area contributed by atoms with Crippen molar-refractivity contribution < 1.29 is 12.8 Å². The van der Waals surface area contributed by atoms with Gasteiger partial charge in [-0.05, 0) is 42.0 Å². The molecule has 1 fully saturated rings. The van der Waals surface area contributed by atoms with Crippen molar-refractivity contribution in [2.24, 2.45) is 5.73 Å². The molecule has 3 nitrogen and oxygen atoms in total. The fourth-order valence-corrected chi connectivity index (χ4v) is 4.76. The maximum Gasteiger partial charge on any atom is 0.183 e. The van der Waals surface area contributed by atoms with Gasteiger partial charge in [-0.2, -0.15) is 0 Å². The van der Waals surface area contributed by atoms with Crippen LogP contribution in [0.3, 0.4) is 0 Å². The van der Waals surface area contributed by atoms with Gasteiger partial charge in [0.05, 0.1) is 10.1 Å². The minimum atomic E-state index is -3.52. The first kappa shape index (κ1) is 14.5. The molecule has 0 aliphatic heterocycles. The highest BCUT2D eigenvalue weighted by Crippen LogP contribution is 2.47. The standard InChI is InChI=1S/C15H13ClFNO2S/c16-10-3-7-12(8-4-10)21(19,20)15-13(14(15)18)9-1-5-11(17)6-2-9/h1-8,13-15H,18H2/t13-,14+,15-/m0/s1. The maximum absolute atomic E-state index is 12.9. The van der Waals surface area contributed by atoms with Crippen LogP contribution in [0.1, 0.15) is 11.5 Å². The van der Waals surface area contributed by atoms with Gasteiger partial charge in [0, 0.05) is 17.0 Å². The zero-order valence-electron chi connectivity index (χ0n) is 10.9. The summed E-state index contributed by atoms with van der Waals surface area (Å²) < 4.78 is 38.1. The van der Waals surface area contributed by atoms with Gasteiger partial charge >= 0.3 is 0 Å². The fourth-order valence-electron chi connectivity index (χ4n) is 2.58. The van der Waals surface area contributed by atoms with E-state index in [1.54, 1.807) is 12.1 Å². The van der Waals surface area contributed by atoms with E-state index < -0.39 is 21.1 Å². The van der Waals surface area contributed by atoms with Crippen molar-refractivity contribution in [2.45, 2.75) is 22.1 Å². The van der Waals surface area contributed by atoms with Crippen molar-refractivity contribution >= 4 is 21.4 Å². The lowest BCUT2D eigenvalue weighted by Gasteiger charge is -2.04. The van der Waals surface area contributed by atoms with Gasteiger partial charge in [0.1, 0.15) is 5.82 Å². The summed E-state index contributed by atoms with van der Waals surface area (Å²) >= 11 is 5.77. The summed E-state index contributed by atoms with van der Waals surface area (Å²) in [4.78, 5) is 0.206. The van der Waals surface area contributed by atoms with E-state index in [1.165, 1.54) is 36.4 Å². The first-order valence-corrected chi connectivity index (χ1v) is 8.34. The second-order valence-corrected chi connectivity index (χ2v) is 7.66. The average molecular weight is 326 g/mol. The molecule has 0 heterocycles. The van der Waals surface area contributed by atoms with Gasteiger partial charge in [-0.25, -0.2) is 12.8 Å². The van der Waals surface area contributed by atoms with Gasteiger partial charge in [-0.3, -0.25) is 0 Å². The topological polar surface area (TPSA) is 60.2 Å². The van der Waals surface area contributed by atoms with E-state index in [2.05, 4.69) is 0 Å². The van der Waals surface area contributed by atoms with E-state index in [-0.39, 0.29) is 16.6 Å². The van der Waals surface area contributed by atoms with E-state index in [0.717, 1.165) is 5.56 Å². The molecule has 0 spiro atoms. The number of hydrogen-bond acceptors (Lipinski definition) is 3. The molecule has 0 bridgehead atoms. The third-order valence-electron chi connectivity index (χ3n) is 3.76. The SMILES string of the molecule is N[C@@H]1[C@H](c2ccc(F)cc2)[C@@H]1S(=O)(=O)c1ccc(Cl)cc1. The first-order valence-electron chi connectivity index (χ1n) is 6.42. The predicted molar refractivity (Wildman–Crippen MR) is 79.5 cm³/mol. The zero-order valence-corrected chi connectivity index (χ0v) is 12.5. The Hall–Kier alpha value is -1.43. The van der Waals surface area contributed by atoms with E-state index in [9.17, 15) is 12.8 Å². The molecule has 3 rings (SSSR count). The van der Waals surface area contributed by atoms with Gasteiger partial charge in [0.2, 0.25) is 0 Å². The van der Waals surface area contributed by atoms with E-state index in [0.29, 0.717) is 5.02 Å². The second kappa shape index (κ2) is 5.09. The number of nitrogens with two attached hydrogens (primary N) is 1. The monoisotopic (exact) mass is 325 g/mol. The average Bonchev–Trinajstić information content (AvgIpc) is 3.12. The van der Waals surface area contributed by atoms with Crippen molar-refractivity contribution in [1.29, 1.82) is 0 Å². The highest BCUT2D eigenvalue weighted by molar-refractivity contribution is 7.92. The molecule has 1 aliphatic carbocycles. The Morgan fingerprint density at radius 2 is 1.57 bits per heavy atom. The van der Waals surface area contributed by atoms with E-state index in [4.69, 9.17) is 17.3 Å². The molecular formula is C15H13ClFNO2S. The summed E-state index contributed by atoms with van der Waals surface area (Å²) in [7, 11) is -3.52. The smallest absolute Gasteiger partial charge is 0.183 e. The molecule has 1 saturated carbocycles. The number of rotatable bonds is 3. The van der Waals surface area contributed by atoms with E-state index >= 15 is 0 Å². The first-order chi connectivity index (χ1) is 9.91. The van der Waals surface area contributed by atoms with Crippen molar-refractivity contribution in [2.75, 3.05) is 0 Å². The van der Waals surface area contributed by atoms with Crippen LogP contribution in [0.25, 0.3) is 0 Å². The number of halogens is 2. The minimum Gasteiger partial charge on any atom is -0.326 e. The number of sulfone groups is 1. The molecule has 2 aromatic rings. The van der Waals surface area contributed by atoms with Gasteiger partial charge in [-0.1, -0.05) is 23.7 Å². The highest BCUT2D eigenvalue weighted by atomic mass is 35.5. The predicted octanol–water partition coefficient (Wildman–Crippen LogP) is 2.75. The minimum absolute atomic E-state index is 0.206.